The molecule has 0 aliphatic heterocycles. The minimum absolute atomic E-state index is 0.0302. The van der Waals surface area contributed by atoms with Crippen LogP contribution in [0.2, 0.25) is 5.02 Å². The van der Waals surface area contributed by atoms with Crippen LogP contribution in [-0.4, -0.2) is 10.8 Å². The van der Waals surface area contributed by atoms with Gasteiger partial charge in [-0.25, -0.2) is 4.98 Å². The largest absolute Gasteiger partial charge is 0.287 e. The van der Waals surface area contributed by atoms with Crippen LogP contribution in [0.5, 0.6) is 0 Å². The summed E-state index contributed by atoms with van der Waals surface area (Å²) in [7, 11) is 0. The topological polar surface area (TPSA) is 30.0 Å². The second-order valence-corrected chi connectivity index (χ2v) is 5.75. The lowest BCUT2D eigenvalue weighted by atomic mass is 9.98. The van der Waals surface area contributed by atoms with E-state index in [2.05, 4.69) is 17.1 Å². The smallest absolute Gasteiger partial charge is 0.211 e. The molecule has 3 heteroatoms. The van der Waals surface area contributed by atoms with Crippen LogP contribution in [0.1, 0.15) is 27.2 Å². The highest BCUT2D eigenvalue weighted by Crippen LogP contribution is 2.32. The predicted molar refractivity (Wildman–Crippen MR) is 89.4 cm³/mol. The fourth-order valence-corrected chi connectivity index (χ4v) is 3.08. The Kier molecular flexibility index (Phi) is 3.05. The van der Waals surface area contributed by atoms with Gasteiger partial charge in [-0.3, -0.25) is 4.79 Å². The molecular formula is C19H12ClNO. The lowest BCUT2D eigenvalue weighted by Crippen LogP contribution is -2.09. The van der Waals surface area contributed by atoms with Crippen LogP contribution in [0.3, 0.4) is 0 Å². The van der Waals surface area contributed by atoms with Crippen molar-refractivity contribution in [1.82, 2.24) is 4.98 Å². The van der Waals surface area contributed by atoms with Crippen molar-refractivity contribution in [1.29, 1.82) is 0 Å². The maximum Gasteiger partial charge on any atom is 0.211 e. The number of allylic oxidation sites excluding steroid dienone is 1. The zero-order chi connectivity index (χ0) is 15.1. The van der Waals surface area contributed by atoms with Gasteiger partial charge in [0.1, 0.15) is 5.69 Å². The molecule has 2 nitrogen and oxygen atoms in total. The molecule has 0 bridgehead atoms. The number of benzene rings is 2. The maximum atomic E-state index is 12.8. The van der Waals surface area contributed by atoms with Crippen LogP contribution in [0.25, 0.3) is 17.0 Å². The summed E-state index contributed by atoms with van der Waals surface area (Å²) in [5.41, 5.74) is 4.06. The van der Waals surface area contributed by atoms with Crippen LogP contribution in [0, 0.1) is 0 Å². The Morgan fingerprint density at radius 2 is 1.91 bits per heavy atom. The quantitative estimate of drug-likeness (QED) is 0.643. The molecule has 0 spiro atoms. The zero-order valence-corrected chi connectivity index (χ0v) is 12.5. The van der Waals surface area contributed by atoms with Gasteiger partial charge in [-0.15, -0.1) is 0 Å². The summed E-state index contributed by atoms with van der Waals surface area (Å²) in [5, 5.41) is 1.68. The van der Waals surface area contributed by atoms with Crippen LogP contribution in [0.15, 0.2) is 54.6 Å². The minimum Gasteiger partial charge on any atom is -0.287 e. The highest BCUT2D eigenvalue weighted by molar-refractivity contribution is 6.31. The summed E-state index contributed by atoms with van der Waals surface area (Å²) in [4.78, 5) is 17.4. The molecule has 0 saturated carbocycles. The van der Waals surface area contributed by atoms with Gasteiger partial charge in [-0.1, -0.05) is 54.1 Å². The monoisotopic (exact) mass is 305 g/mol. The molecule has 4 rings (SSSR count). The van der Waals surface area contributed by atoms with E-state index in [0.717, 1.165) is 28.5 Å². The number of fused-ring (bicyclic) bond motifs is 3. The van der Waals surface area contributed by atoms with Crippen molar-refractivity contribution < 1.29 is 4.79 Å². The van der Waals surface area contributed by atoms with Gasteiger partial charge in [0, 0.05) is 16.0 Å². The van der Waals surface area contributed by atoms with E-state index in [1.165, 1.54) is 0 Å². The highest BCUT2D eigenvalue weighted by Gasteiger charge is 2.21. The van der Waals surface area contributed by atoms with E-state index in [9.17, 15) is 4.79 Å². The molecule has 1 heterocycles. The lowest BCUT2D eigenvalue weighted by molar-refractivity contribution is 0.103. The van der Waals surface area contributed by atoms with Gasteiger partial charge in [-0.05, 0) is 35.7 Å². The van der Waals surface area contributed by atoms with Gasteiger partial charge >= 0.3 is 0 Å². The zero-order valence-electron chi connectivity index (χ0n) is 11.7. The summed E-state index contributed by atoms with van der Waals surface area (Å²) in [6.45, 7) is 0. The lowest BCUT2D eigenvalue weighted by Gasteiger charge is -2.11. The summed E-state index contributed by atoms with van der Waals surface area (Å²) in [5.74, 6) is -0.0302. The van der Waals surface area contributed by atoms with E-state index in [0.29, 0.717) is 16.3 Å². The number of carbonyl (C=O) groups is 1. The first-order valence-electron chi connectivity index (χ1n) is 7.12. The van der Waals surface area contributed by atoms with E-state index >= 15 is 0 Å². The molecule has 0 atom stereocenters. The second-order valence-electron chi connectivity index (χ2n) is 5.32. The van der Waals surface area contributed by atoms with Crippen molar-refractivity contribution in [3.8, 4) is 0 Å². The van der Waals surface area contributed by atoms with Crippen LogP contribution in [-0.2, 0) is 6.42 Å². The Morgan fingerprint density at radius 3 is 2.73 bits per heavy atom. The van der Waals surface area contributed by atoms with Gasteiger partial charge in [0.15, 0.2) is 0 Å². The third-order valence-electron chi connectivity index (χ3n) is 3.95. The van der Waals surface area contributed by atoms with E-state index in [1.807, 2.05) is 42.5 Å². The molecule has 0 amide bonds. The number of hydrogen-bond donors (Lipinski definition) is 0. The number of rotatable bonds is 2. The molecule has 2 aromatic carbocycles. The number of hydrogen-bond acceptors (Lipinski definition) is 2. The third-order valence-corrected chi connectivity index (χ3v) is 4.18. The SMILES string of the molecule is O=C(c1ccccc1)c1nc2ccc(Cl)cc2c2c1CC=C2. The maximum absolute atomic E-state index is 12.8. The van der Waals surface area contributed by atoms with Crippen molar-refractivity contribution in [2.24, 2.45) is 0 Å². The molecule has 106 valence electrons. The first-order valence-corrected chi connectivity index (χ1v) is 7.50. The van der Waals surface area contributed by atoms with E-state index in [4.69, 9.17) is 11.6 Å². The Balaban J connectivity index is 1.97. The molecule has 0 fully saturated rings. The molecular weight excluding hydrogens is 294 g/mol. The summed E-state index contributed by atoms with van der Waals surface area (Å²) < 4.78 is 0. The van der Waals surface area contributed by atoms with Gasteiger partial charge in [-0.2, -0.15) is 0 Å². The van der Waals surface area contributed by atoms with Crippen molar-refractivity contribution >= 4 is 34.4 Å². The highest BCUT2D eigenvalue weighted by atomic mass is 35.5. The Hall–Kier alpha value is -2.45. The van der Waals surface area contributed by atoms with Gasteiger partial charge < -0.3 is 0 Å². The normalized spacial score (nSPS) is 12.6. The molecule has 3 aromatic rings. The van der Waals surface area contributed by atoms with E-state index in [-0.39, 0.29) is 5.78 Å². The number of halogens is 1. The first kappa shape index (κ1) is 13.2. The molecule has 0 N–H and O–H groups in total. The molecule has 22 heavy (non-hydrogen) atoms. The minimum atomic E-state index is -0.0302. The molecule has 0 unspecified atom stereocenters. The van der Waals surface area contributed by atoms with Crippen LogP contribution >= 0.6 is 11.6 Å². The van der Waals surface area contributed by atoms with Crippen molar-refractivity contribution in [3.63, 3.8) is 0 Å². The predicted octanol–water partition coefficient (Wildman–Crippen LogP) is 4.69. The summed E-state index contributed by atoms with van der Waals surface area (Å²) >= 11 is 6.10. The number of aromatic nitrogens is 1. The second kappa shape index (κ2) is 5.08. The molecule has 1 aliphatic carbocycles. The Morgan fingerprint density at radius 1 is 1.09 bits per heavy atom. The van der Waals surface area contributed by atoms with Gasteiger partial charge in [0.2, 0.25) is 5.78 Å². The van der Waals surface area contributed by atoms with Gasteiger partial charge in [0.05, 0.1) is 5.52 Å². The third kappa shape index (κ3) is 2.04. The first-order chi connectivity index (χ1) is 10.7. The number of pyridine rings is 1. The average molecular weight is 306 g/mol. The van der Waals surface area contributed by atoms with Crippen LogP contribution in [0.4, 0.5) is 0 Å². The average Bonchev–Trinajstić information content (AvgIpc) is 3.04. The van der Waals surface area contributed by atoms with Crippen LogP contribution < -0.4 is 0 Å². The molecule has 1 aromatic heterocycles. The molecule has 0 saturated heterocycles. The summed E-state index contributed by atoms with van der Waals surface area (Å²) in [6, 6.07) is 14.9. The Bertz CT molecular complexity index is 929. The van der Waals surface area contributed by atoms with Crippen molar-refractivity contribution in [2.75, 3.05) is 0 Å². The number of ketones is 1. The van der Waals surface area contributed by atoms with Gasteiger partial charge in [0.25, 0.3) is 0 Å². The number of carbonyl (C=O) groups excluding carboxylic acids is 1. The summed E-state index contributed by atoms with van der Waals surface area (Å²) in [6.07, 6.45) is 4.85. The van der Waals surface area contributed by atoms with E-state index in [1.54, 1.807) is 6.07 Å². The fourth-order valence-electron chi connectivity index (χ4n) is 2.91. The Labute approximate surface area is 133 Å². The fraction of sp³-hybridized carbons (Fsp3) is 0.0526. The van der Waals surface area contributed by atoms with E-state index < -0.39 is 0 Å². The standard InChI is InChI=1S/C19H12ClNO/c20-13-9-10-17-16(11-13)14-7-4-8-15(14)18(21-17)19(22)12-5-2-1-3-6-12/h1-7,9-11H,8H2. The molecule has 1 aliphatic rings. The van der Waals surface area contributed by atoms with Crippen molar-refractivity contribution in [2.45, 2.75) is 6.42 Å². The molecule has 0 radical (unpaired) electrons. The van der Waals surface area contributed by atoms with Crippen molar-refractivity contribution in [3.05, 3.63) is 82.0 Å². The number of nitrogens with zero attached hydrogens (tertiary/aromatic N) is 1.